The summed E-state index contributed by atoms with van der Waals surface area (Å²) in [5.41, 5.74) is 5.67. The largest absolute Gasteiger partial charge is 0.496 e. The lowest BCUT2D eigenvalue weighted by Gasteiger charge is -2.24. The Morgan fingerprint density at radius 1 is 1.15 bits per heavy atom. The maximum atomic E-state index is 5.71. The van der Waals surface area contributed by atoms with E-state index in [1.54, 1.807) is 7.11 Å². The molecule has 108 valence electrons. The van der Waals surface area contributed by atoms with Crippen LogP contribution in [0.1, 0.15) is 51.7 Å². The van der Waals surface area contributed by atoms with E-state index in [-0.39, 0.29) is 5.41 Å². The predicted molar refractivity (Wildman–Crippen MR) is 86.5 cm³/mol. The summed E-state index contributed by atoms with van der Waals surface area (Å²) in [5.74, 6) is 1.07. The zero-order valence-corrected chi connectivity index (χ0v) is 13.4. The fraction of sp³-hybridized carbons (Fsp3) is 0.474. The summed E-state index contributed by atoms with van der Waals surface area (Å²) in [7, 11) is 1.79. The lowest BCUT2D eigenvalue weighted by Crippen LogP contribution is -2.13. The second-order valence-corrected chi connectivity index (χ2v) is 6.70. The highest BCUT2D eigenvalue weighted by Gasteiger charge is 2.20. The number of methoxy groups -OCH3 is 1. The zero-order valence-electron chi connectivity index (χ0n) is 13.4. The van der Waals surface area contributed by atoms with Crippen LogP contribution < -0.4 is 4.74 Å². The van der Waals surface area contributed by atoms with Crippen LogP contribution in [0.5, 0.6) is 5.75 Å². The molecule has 0 fully saturated rings. The minimum absolute atomic E-state index is 0.117. The van der Waals surface area contributed by atoms with Gasteiger partial charge in [-0.15, -0.1) is 0 Å². The van der Waals surface area contributed by atoms with Crippen molar-refractivity contribution in [2.75, 3.05) is 7.11 Å². The first-order valence-corrected chi connectivity index (χ1v) is 7.44. The number of ether oxygens (including phenoxy) is 1. The molecule has 0 heterocycles. The van der Waals surface area contributed by atoms with Crippen molar-refractivity contribution in [1.29, 1.82) is 0 Å². The van der Waals surface area contributed by atoms with Gasteiger partial charge in [0, 0.05) is 0 Å². The highest BCUT2D eigenvalue weighted by Crippen LogP contribution is 2.35. The van der Waals surface area contributed by atoms with Crippen LogP contribution in [0.2, 0.25) is 0 Å². The first kappa shape index (κ1) is 14.9. The van der Waals surface area contributed by atoms with Gasteiger partial charge in [0.05, 0.1) is 7.11 Å². The van der Waals surface area contributed by atoms with Gasteiger partial charge in [-0.1, -0.05) is 62.3 Å². The third kappa shape index (κ3) is 3.33. The van der Waals surface area contributed by atoms with Gasteiger partial charge in [-0.05, 0) is 42.7 Å². The molecule has 20 heavy (non-hydrogen) atoms. The van der Waals surface area contributed by atoms with Gasteiger partial charge in [0.15, 0.2) is 0 Å². The fourth-order valence-corrected chi connectivity index (χ4v) is 2.81. The zero-order chi connectivity index (χ0) is 14.8. The molecule has 0 radical (unpaired) electrons. The topological polar surface area (TPSA) is 9.23 Å². The number of benzene rings is 1. The number of allylic oxidation sites excluding steroid dienone is 4. The van der Waals surface area contributed by atoms with Crippen molar-refractivity contribution < 1.29 is 4.74 Å². The average molecular weight is 270 g/mol. The fourth-order valence-electron chi connectivity index (χ4n) is 2.81. The molecule has 1 aliphatic carbocycles. The van der Waals surface area contributed by atoms with Gasteiger partial charge in [0.1, 0.15) is 5.75 Å². The predicted octanol–water partition coefficient (Wildman–Crippen LogP) is 5.20. The molecular weight excluding hydrogens is 244 g/mol. The van der Waals surface area contributed by atoms with Crippen molar-refractivity contribution in [3.63, 3.8) is 0 Å². The molecule has 0 amide bonds. The summed E-state index contributed by atoms with van der Waals surface area (Å²) in [6, 6.07) is 6.54. The molecule has 1 nitrogen and oxygen atoms in total. The van der Waals surface area contributed by atoms with Crippen LogP contribution in [0.4, 0.5) is 0 Å². The van der Waals surface area contributed by atoms with Gasteiger partial charge in [-0.3, -0.25) is 0 Å². The monoisotopic (exact) mass is 270 g/mol. The Morgan fingerprint density at radius 2 is 1.90 bits per heavy atom. The second kappa shape index (κ2) is 5.87. The molecule has 0 N–H and O–H groups in total. The van der Waals surface area contributed by atoms with Gasteiger partial charge >= 0.3 is 0 Å². The first-order chi connectivity index (χ1) is 9.41. The molecule has 1 heteroatoms. The van der Waals surface area contributed by atoms with Crippen molar-refractivity contribution >= 4 is 0 Å². The molecule has 0 saturated carbocycles. The quantitative estimate of drug-likeness (QED) is 0.730. The lowest BCUT2D eigenvalue weighted by molar-refractivity contribution is 0.392. The summed E-state index contributed by atoms with van der Waals surface area (Å²) in [6.45, 7) is 8.89. The maximum Gasteiger partial charge on any atom is 0.125 e. The molecule has 0 aliphatic heterocycles. The highest BCUT2D eigenvalue weighted by atomic mass is 16.5. The Labute approximate surface area is 123 Å². The third-order valence-electron chi connectivity index (χ3n) is 3.94. The van der Waals surface area contributed by atoms with Crippen LogP contribution in [0.25, 0.3) is 0 Å². The number of rotatable bonds is 4. The van der Waals surface area contributed by atoms with E-state index in [9.17, 15) is 0 Å². The molecule has 0 aromatic heterocycles. The van der Waals surface area contributed by atoms with Crippen molar-refractivity contribution in [2.45, 2.75) is 52.4 Å². The van der Waals surface area contributed by atoms with Crippen molar-refractivity contribution in [3.05, 3.63) is 52.6 Å². The van der Waals surface area contributed by atoms with E-state index in [0.717, 1.165) is 25.0 Å². The van der Waals surface area contributed by atoms with E-state index in [4.69, 9.17) is 4.74 Å². The summed E-state index contributed by atoms with van der Waals surface area (Å²) in [4.78, 5) is 0. The number of para-hydroxylation sites is 1. The summed E-state index contributed by atoms with van der Waals surface area (Å²) in [5, 5.41) is 0. The van der Waals surface area contributed by atoms with Crippen molar-refractivity contribution in [1.82, 2.24) is 0 Å². The third-order valence-corrected chi connectivity index (χ3v) is 3.94. The van der Waals surface area contributed by atoms with Crippen LogP contribution in [0, 0.1) is 0 Å². The van der Waals surface area contributed by atoms with Crippen LogP contribution in [-0.2, 0) is 11.8 Å². The Bertz CT molecular complexity index is 541. The maximum absolute atomic E-state index is 5.71. The minimum atomic E-state index is 0.117. The van der Waals surface area contributed by atoms with E-state index in [0.29, 0.717) is 0 Å². The van der Waals surface area contributed by atoms with Crippen molar-refractivity contribution in [2.24, 2.45) is 0 Å². The van der Waals surface area contributed by atoms with Gasteiger partial charge < -0.3 is 4.74 Å². The Kier molecular flexibility index (Phi) is 4.37. The molecule has 0 bridgehead atoms. The number of aryl methyl sites for hydroxylation is 1. The van der Waals surface area contributed by atoms with Gasteiger partial charge in [-0.25, -0.2) is 0 Å². The Hall–Kier alpha value is -1.50. The van der Waals surface area contributed by atoms with E-state index in [1.165, 1.54) is 22.3 Å². The standard InChI is InChI=1S/C19H26O/c1-14-9-10-15(13-14)11-12-16-7-6-8-17(18(16)20-5)19(2,3)4/h6-9,13H,10-12H2,1-5H3. The Morgan fingerprint density at radius 3 is 2.45 bits per heavy atom. The molecular formula is C19H26O. The van der Waals surface area contributed by atoms with Crippen LogP contribution >= 0.6 is 0 Å². The molecule has 1 aliphatic rings. The minimum Gasteiger partial charge on any atom is -0.496 e. The second-order valence-electron chi connectivity index (χ2n) is 6.70. The van der Waals surface area contributed by atoms with E-state index in [1.807, 2.05) is 0 Å². The Balaban J connectivity index is 2.18. The molecule has 1 aromatic rings. The normalized spacial score (nSPS) is 15.1. The van der Waals surface area contributed by atoms with Crippen LogP contribution in [-0.4, -0.2) is 7.11 Å². The van der Waals surface area contributed by atoms with Gasteiger partial charge in [0.2, 0.25) is 0 Å². The smallest absolute Gasteiger partial charge is 0.125 e. The van der Waals surface area contributed by atoms with E-state index < -0.39 is 0 Å². The summed E-state index contributed by atoms with van der Waals surface area (Å²) >= 11 is 0. The lowest BCUT2D eigenvalue weighted by atomic mass is 9.84. The van der Waals surface area contributed by atoms with Crippen molar-refractivity contribution in [3.8, 4) is 5.75 Å². The van der Waals surface area contributed by atoms with Crippen LogP contribution in [0.3, 0.4) is 0 Å². The summed E-state index contributed by atoms with van der Waals surface area (Å²) in [6.07, 6.45) is 7.92. The summed E-state index contributed by atoms with van der Waals surface area (Å²) < 4.78 is 5.71. The number of hydrogen-bond donors (Lipinski definition) is 0. The van der Waals surface area contributed by atoms with E-state index in [2.05, 4.69) is 58.0 Å². The highest BCUT2D eigenvalue weighted by molar-refractivity contribution is 5.45. The average Bonchev–Trinajstić information content (AvgIpc) is 2.80. The first-order valence-electron chi connectivity index (χ1n) is 7.44. The molecule has 2 rings (SSSR count). The van der Waals surface area contributed by atoms with Gasteiger partial charge in [0.25, 0.3) is 0 Å². The van der Waals surface area contributed by atoms with E-state index >= 15 is 0 Å². The molecule has 0 atom stereocenters. The van der Waals surface area contributed by atoms with Gasteiger partial charge in [-0.2, -0.15) is 0 Å². The molecule has 0 saturated heterocycles. The number of hydrogen-bond acceptors (Lipinski definition) is 1. The molecule has 1 aromatic carbocycles. The molecule has 0 spiro atoms. The SMILES string of the molecule is COc1c(CCC2=CC(C)=CC2)cccc1C(C)(C)C. The molecule has 0 unspecified atom stereocenters. The van der Waals surface area contributed by atoms with Crippen LogP contribution in [0.15, 0.2) is 41.5 Å².